The maximum atomic E-state index is 15.8. The Morgan fingerprint density at radius 3 is 2.29 bits per heavy atom. The predicted octanol–water partition coefficient (Wildman–Crippen LogP) is 3.96. The van der Waals surface area contributed by atoms with E-state index in [1.165, 1.54) is 16.0 Å². The second-order valence-corrected chi connectivity index (χ2v) is 21.3. The van der Waals surface area contributed by atoms with E-state index in [-0.39, 0.29) is 50.7 Å². The number of hydroxylamine groups is 2. The Morgan fingerprint density at radius 2 is 1.65 bits per heavy atom. The lowest BCUT2D eigenvalue weighted by Gasteiger charge is -2.50. The number of aliphatic hydroxyl groups excluding tert-OH is 1. The molecule has 0 aromatic heterocycles. The summed E-state index contributed by atoms with van der Waals surface area (Å²) in [6, 6.07) is 13.2. The van der Waals surface area contributed by atoms with Crippen LogP contribution in [0, 0.1) is 22.7 Å². The first kappa shape index (κ1) is 47.8. The molecule has 3 saturated carbocycles. The molecule has 7 fully saturated rings. The van der Waals surface area contributed by atoms with Crippen LogP contribution in [0.1, 0.15) is 96.3 Å². The Kier molecular flexibility index (Phi) is 12.9. The van der Waals surface area contributed by atoms with E-state index in [2.05, 4.69) is 5.32 Å². The summed E-state index contributed by atoms with van der Waals surface area (Å²) in [6.07, 6.45) is 2.35. The topological polar surface area (TPSA) is 206 Å². The van der Waals surface area contributed by atoms with E-state index < -0.39 is 113 Å². The van der Waals surface area contributed by atoms with Crippen molar-refractivity contribution in [2.45, 2.75) is 153 Å². The summed E-state index contributed by atoms with van der Waals surface area (Å²) in [5.74, 6) is -4.06. The molecule has 9 rings (SSSR count). The molecule has 0 unspecified atom stereocenters. The molecular formula is C51H63N3O14. The highest BCUT2D eigenvalue weighted by molar-refractivity contribution is 5.96. The molecule has 17 nitrogen and oxygen atoms in total. The number of carbonyl (C=O) groups excluding carboxylic acids is 6. The van der Waals surface area contributed by atoms with Gasteiger partial charge < -0.3 is 43.7 Å². The number of fused-ring (bicyclic) bond motifs is 4. The van der Waals surface area contributed by atoms with Crippen molar-refractivity contribution < 1.29 is 67.1 Å². The molecule has 9 atom stereocenters. The molecule has 2 bridgehead atoms. The third kappa shape index (κ3) is 9.31. The SMILES string of the molecule is CN(C(=O)[C@@]12C[C@H]3OC(=O)[C@@H]1N(Cc1cccc(C=CC(=O)O[C@H]4C(=O)OCC4(C)C)c1)O[C@@H]2[C@H]1OC(C2CC2)(C2CC2)O[C@H]13)[C@H](Cc1ccccc1)C(=O)N[C@H](CO)CCC(=O)OC(C)(C)C. The van der Waals surface area contributed by atoms with E-state index in [4.69, 9.17) is 33.3 Å². The van der Waals surface area contributed by atoms with Crippen LogP contribution in [0.3, 0.4) is 0 Å². The van der Waals surface area contributed by atoms with Crippen LogP contribution in [-0.2, 0) is 75.0 Å². The predicted molar refractivity (Wildman–Crippen MR) is 240 cm³/mol. The molecule has 3 aliphatic carbocycles. The number of rotatable bonds is 17. The quantitative estimate of drug-likeness (QED) is 0.131. The molecule has 366 valence electrons. The fourth-order valence-electron chi connectivity index (χ4n) is 10.8. The fourth-order valence-corrected chi connectivity index (χ4v) is 10.8. The molecule has 2 aromatic rings. The van der Waals surface area contributed by atoms with Gasteiger partial charge in [0.1, 0.15) is 48.1 Å². The van der Waals surface area contributed by atoms with Crippen LogP contribution in [0.15, 0.2) is 60.7 Å². The largest absolute Gasteiger partial charge is 0.462 e. The van der Waals surface area contributed by atoms with Gasteiger partial charge >= 0.3 is 23.9 Å². The van der Waals surface area contributed by atoms with Crippen LogP contribution < -0.4 is 5.32 Å². The summed E-state index contributed by atoms with van der Waals surface area (Å²) < 4.78 is 36.3. The zero-order chi connectivity index (χ0) is 48.3. The number of hydrogen-bond acceptors (Lipinski definition) is 15. The van der Waals surface area contributed by atoms with Crippen molar-refractivity contribution in [1.82, 2.24) is 15.3 Å². The van der Waals surface area contributed by atoms with Gasteiger partial charge in [-0.2, -0.15) is 5.06 Å². The second kappa shape index (κ2) is 18.3. The molecule has 17 heteroatoms. The number of amides is 2. The number of nitrogens with zero attached hydrogens (tertiary/aromatic N) is 2. The summed E-state index contributed by atoms with van der Waals surface area (Å²) in [6.45, 7) is 8.54. The summed E-state index contributed by atoms with van der Waals surface area (Å²) in [4.78, 5) is 91.1. The van der Waals surface area contributed by atoms with Crippen molar-refractivity contribution in [2.75, 3.05) is 20.3 Å². The zero-order valence-electron chi connectivity index (χ0n) is 39.6. The molecular weight excluding hydrogens is 879 g/mol. The Hall–Kier alpha value is -5.20. The van der Waals surface area contributed by atoms with Crippen LogP contribution in [0.2, 0.25) is 0 Å². The standard InChI is InChI=1S/C51H63N3O14/c1-48(2,3)65-38(57)22-20-34(27-55)52-44(58)35(24-29-11-8-7-9-12-29)53(6)47(61)50-25-36-39-40(67-51(66-39,32-16-17-32)33-18-19-33)42(50)68-54(41(50)45(59)63-36)26-31-14-10-13-30(23-31)15-21-37(56)64-43-46(60)62-28-49(43,4)5/h7-15,21,23,32-36,39-43,55H,16-20,22,24-28H2,1-6H3,(H,52,58)/t34-,35+,36+,39-,40-,41-,42+,43-,50-/m0/s1. The molecule has 0 spiro atoms. The number of ether oxygens (including phenoxy) is 6. The normalized spacial score (nSPS) is 29.9. The van der Waals surface area contributed by atoms with Gasteiger partial charge in [0.25, 0.3) is 0 Å². The molecule has 4 aliphatic heterocycles. The van der Waals surface area contributed by atoms with E-state index in [1.54, 1.807) is 59.9 Å². The fraction of sp³-hybridized carbons (Fsp3) is 0.608. The Bertz CT molecular complexity index is 2310. The highest BCUT2D eigenvalue weighted by Gasteiger charge is 2.78. The molecule has 4 heterocycles. The smallest absolute Gasteiger partial charge is 0.348 e. The van der Waals surface area contributed by atoms with Gasteiger partial charge in [-0.3, -0.25) is 24.0 Å². The summed E-state index contributed by atoms with van der Waals surface area (Å²) in [5.41, 5.74) is -0.909. The highest BCUT2D eigenvalue weighted by Crippen LogP contribution is 2.64. The average Bonchev–Trinajstić information content (AvgIpc) is 4.24. The van der Waals surface area contributed by atoms with E-state index in [0.717, 1.165) is 31.2 Å². The van der Waals surface area contributed by atoms with Crippen LogP contribution in [0.4, 0.5) is 0 Å². The van der Waals surface area contributed by atoms with E-state index >= 15 is 4.79 Å². The molecule has 4 saturated heterocycles. The van der Waals surface area contributed by atoms with Gasteiger partial charge in [-0.1, -0.05) is 68.4 Å². The van der Waals surface area contributed by atoms with Crippen LogP contribution in [-0.4, -0.2) is 131 Å². The zero-order valence-corrected chi connectivity index (χ0v) is 39.6. The van der Waals surface area contributed by atoms with Crippen molar-refractivity contribution >= 4 is 41.8 Å². The number of nitrogens with one attached hydrogen (secondary N) is 1. The van der Waals surface area contributed by atoms with E-state index in [0.29, 0.717) is 11.1 Å². The van der Waals surface area contributed by atoms with Crippen molar-refractivity contribution in [2.24, 2.45) is 22.7 Å². The number of esters is 4. The van der Waals surface area contributed by atoms with Crippen molar-refractivity contribution in [3.05, 3.63) is 77.4 Å². The number of hydrogen-bond donors (Lipinski definition) is 2. The summed E-state index contributed by atoms with van der Waals surface area (Å²) >= 11 is 0. The van der Waals surface area contributed by atoms with Crippen LogP contribution >= 0.6 is 0 Å². The van der Waals surface area contributed by atoms with Crippen LogP contribution in [0.25, 0.3) is 6.08 Å². The van der Waals surface area contributed by atoms with Crippen molar-refractivity contribution in [1.29, 1.82) is 0 Å². The van der Waals surface area contributed by atoms with Gasteiger partial charge in [0, 0.05) is 49.6 Å². The van der Waals surface area contributed by atoms with Gasteiger partial charge in [0.15, 0.2) is 11.8 Å². The number of aliphatic hydroxyl groups is 1. The third-order valence-electron chi connectivity index (χ3n) is 14.4. The Balaban J connectivity index is 1.01. The molecule has 2 amide bonds. The second-order valence-electron chi connectivity index (χ2n) is 21.3. The molecule has 2 aromatic carbocycles. The lowest BCUT2D eigenvalue weighted by atomic mass is 9.62. The van der Waals surface area contributed by atoms with Crippen LogP contribution in [0.5, 0.6) is 0 Å². The number of carbonyl (C=O) groups is 6. The lowest BCUT2D eigenvalue weighted by Crippen LogP contribution is -2.70. The monoisotopic (exact) mass is 941 g/mol. The van der Waals surface area contributed by atoms with Crippen molar-refractivity contribution in [3.63, 3.8) is 0 Å². The van der Waals surface area contributed by atoms with Gasteiger partial charge in [-0.15, -0.1) is 0 Å². The van der Waals surface area contributed by atoms with Gasteiger partial charge in [0.2, 0.25) is 17.9 Å². The summed E-state index contributed by atoms with van der Waals surface area (Å²) in [7, 11) is 1.55. The Morgan fingerprint density at radius 1 is 0.956 bits per heavy atom. The first-order valence-corrected chi connectivity index (χ1v) is 23.9. The first-order chi connectivity index (χ1) is 32.3. The third-order valence-corrected chi connectivity index (χ3v) is 14.4. The highest BCUT2D eigenvalue weighted by atomic mass is 16.8. The minimum atomic E-state index is -1.60. The average molecular weight is 942 g/mol. The lowest BCUT2D eigenvalue weighted by molar-refractivity contribution is -0.235. The number of likely N-dealkylation sites (N-methyl/N-ethyl adjacent to an activating group) is 1. The maximum absolute atomic E-state index is 15.8. The number of cyclic esters (lactones) is 1. The first-order valence-electron chi connectivity index (χ1n) is 23.9. The van der Waals surface area contributed by atoms with Gasteiger partial charge in [0.05, 0.1) is 19.2 Å². The minimum absolute atomic E-state index is 0.0201. The van der Waals surface area contributed by atoms with E-state index in [9.17, 15) is 29.1 Å². The molecule has 68 heavy (non-hydrogen) atoms. The number of benzene rings is 2. The minimum Gasteiger partial charge on any atom is -0.462 e. The molecule has 2 N–H and O–H groups in total. The maximum Gasteiger partial charge on any atom is 0.348 e. The van der Waals surface area contributed by atoms with Crippen molar-refractivity contribution in [3.8, 4) is 0 Å². The van der Waals surface area contributed by atoms with Gasteiger partial charge in [-0.25, -0.2) is 9.59 Å². The van der Waals surface area contributed by atoms with Gasteiger partial charge in [-0.05, 0) is 75.6 Å². The Labute approximate surface area is 396 Å². The molecule has 7 aliphatic rings. The summed E-state index contributed by atoms with van der Waals surface area (Å²) in [5, 5.41) is 14.8. The molecule has 0 radical (unpaired) electrons. The van der Waals surface area contributed by atoms with E-state index in [1.807, 2.05) is 42.5 Å².